The highest BCUT2D eigenvalue weighted by Gasteiger charge is 2.21. The van der Waals surface area contributed by atoms with E-state index in [-0.39, 0.29) is 5.82 Å². The Bertz CT molecular complexity index is 833. The van der Waals surface area contributed by atoms with Crippen molar-refractivity contribution in [3.8, 4) is 0 Å². The number of carbonyl (C=O) groups is 1. The molecule has 23 heavy (non-hydrogen) atoms. The minimum Gasteiger partial charge on any atom is -0.462 e. The molecular formula is C17H14FNO2S2. The Morgan fingerprint density at radius 1 is 1.30 bits per heavy atom. The van der Waals surface area contributed by atoms with Gasteiger partial charge in [-0.05, 0) is 36.8 Å². The summed E-state index contributed by atoms with van der Waals surface area (Å²) in [5, 5.41) is 1.34. The van der Waals surface area contributed by atoms with Crippen LogP contribution in [0.25, 0.3) is 10.1 Å². The van der Waals surface area contributed by atoms with E-state index in [1.165, 1.54) is 29.2 Å². The van der Waals surface area contributed by atoms with Gasteiger partial charge in [0.2, 0.25) is 0 Å². The van der Waals surface area contributed by atoms with Crippen LogP contribution in [0.4, 0.5) is 4.39 Å². The van der Waals surface area contributed by atoms with Crippen LogP contribution in [0.3, 0.4) is 0 Å². The number of aromatic nitrogens is 1. The number of thioether (sulfide) groups is 1. The monoisotopic (exact) mass is 347 g/mol. The number of hydrogen-bond donors (Lipinski definition) is 0. The molecule has 0 saturated heterocycles. The van der Waals surface area contributed by atoms with Crippen molar-refractivity contribution in [1.29, 1.82) is 0 Å². The van der Waals surface area contributed by atoms with Crippen LogP contribution in [0.5, 0.6) is 0 Å². The summed E-state index contributed by atoms with van der Waals surface area (Å²) < 4.78 is 20.1. The highest BCUT2D eigenvalue weighted by atomic mass is 32.2. The number of fused-ring (bicyclic) bond motifs is 1. The topological polar surface area (TPSA) is 39.2 Å². The van der Waals surface area contributed by atoms with E-state index >= 15 is 0 Å². The molecule has 0 bridgehead atoms. The van der Waals surface area contributed by atoms with Crippen LogP contribution < -0.4 is 0 Å². The fourth-order valence-corrected chi connectivity index (χ4v) is 4.36. The van der Waals surface area contributed by atoms with E-state index in [9.17, 15) is 9.18 Å². The van der Waals surface area contributed by atoms with Crippen molar-refractivity contribution in [3.05, 3.63) is 58.9 Å². The van der Waals surface area contributed by atoms with Crippen LogP contribution in [0.15, 0.2) is 47.6 Å². The third-order valence-electron chi connectivity index (χ3n) is 3.23. The Balaban J connectivity index is 2.01. The SMILES string of the molecule is CCOC(=O)c1sc2cccc(F)c2c1CSc1ccccn1. The Kier molecular flexibility index (Phi) is 4.93. The predicted molar refractivity (Wildman–Crippen MR) is 91.5 cm³/mol. The maximum absolute atomic E-state index is 14.3. The molecule has 0 unspecified atom stereocenters. The van der Waals surface area contributed by atoms with Crippen LogP contribution in [0.2, 0.25) is 0 Å². The number of esters is 1. The number of halogens is 1. The van der Waals surface area contributed by atoms with Crippen molar-refractivity contribution in [2.75, 3.05) is 6.61 Å². The molecule has 0 aliphatic carbocycles. The average molecular weight is 347 g/mol. The summed E-state index contributed by atoms with van der Waals surface area (Å²) in [5.41, 5.74) is 0.678. The maximum Gasteiger partial charge on any atom is 0.348 e. The summed E-state index contributed by atoms with van der Waals surface area (Å²) in [6.07, 6.45) is 1.71. The number of thiophene rings is 1. The highest BCUT2D eigenvalue weighted by molar-refractivity contribution is 7.98. The smallest absolute Gasteiger partial charge is 0.348 e. The second kappa shape index (κ2) is 7.10. The van der Waals surface area contributed by atoms with Crippen molar-refractivity contribution in [2.45, 2.75) is 17.7 Å². The minimum absolute atomic E-state index is 0.294. The molecular weight excluding hydrogens is 333 g/mol. The normalized spacial score (nSPS) is 10.9. The Hall–Kier alpha value is -1.92. The summed E-state index contributed by atoms with van der Waals surface area (Å²) in [6.45, 7) is 2.05. The summed E-state index contributed by atoms with van der Waals surface area (Å²) in [7, 11) is 0. The number of benzene rings is 1. The lowest BCUT2D eigenvalue weighted by molar-refractivity contribution is 0.0531. The van der Waals surface area contributed by atoms with Gasteiger partial charge < -0.3 is 4.74 Å². The van der Waals surface area contributed by atoms with Crippen LogP contribution >= 0.6 is 23.1 Å². The Morgan fingerprint density at radius 2 is 2.17 bits per heavy atom. The summed E-state index contributed by atoms with van der Waals surface area (Å²) in [5.74, 6) is -0.248. The van der Waals surface area contributed by atoms with E-state index in [0.29, 0.717) is 28.2 Å². The van der Waals surface area contributed by atoms with Gasteiger partial charge in [0.1, 0.15) is 10.7 Å². The molecule has 3 rings (SSSR count). The molecule has 2 aromatic heterocycles. The average Bonchev–Trinajstić information content (AvgIpc) is 2.94. The Labute approximate surface area is 141 Å². The van der Waals surface area contributed by atoms with Gasteiger partial charge in [0.25, 0.3) is 0 Å². The third-order valence-corrected chi connectivity index (χ3v) is 5.37. The molecule has 118 valence electrons. The van der Waals surface area contributed by atoms with Gasteiger partial charge in [-0.15, -0.1) is 23.1 Å². The summed E-state index contributed by atoms with van der Waals surface area (Å²) in [6, 6.07) is 10.5. The second-order valence-corrected chi connectivity index (χ2v) is 6.75. The predicted octanol–water partition coefficient (Wildman–Crippen LogP) is 4.90. The van der Waals surface area contributed by atoms with E-state index in [4.69, 9.17) is 4.74 Å². The molecule has 0 radical (unpaired) electrons. The third kappa shape index (κ3) is 3.38. The molecule has 0 spiro atoms. The van der Waals surface area contributed by atoms with Gasteiger partial charge in [0.15, 0.2) is 0 Å². The highest BCUT2D eigenvalue weighted by Crippen LogP contribution is 2.37. The van der Waals surface area contributed by atoms with Crippen molar-refractivity contribution >= 4 is 39.2 Å². The summed E-state index contributed by atoms with van der Waals surface area (Å²) in [4.78, 5) is 16.9. The zero-order chi connectivity index (χ0) is 16.2. The van der Waals surface area contributed by atoms with Crippen LogP contribution in [-0.4, -0.2) is 17.6 Å². The van der Waals surface area contributed by atoms with Gasteiger partial charge in [-0.25, -0.2) is 14.2 Å². The zero-order valence-corrected chi connectivity index (χ0v) is 14.0. The van der Waals surface area contributed by atoms with Crippen LogP contribution in [0, 0.1) is 5.82 Å². The molecule has 6 heteroatoms. The van der Waals surface area contributed by atoms with Crippen molar-refractivity contribution in [3.63, 3.8) is 0 Å². The molecule has 3 nitrogen and oxygen atoms in total. The molecule has 0 amide bonds. The van der Waals surface area contributed by atoms with Gasteiger partial charge in [-0.2, -0.15) is 0 Å². The number of pyridine rings is 1. The molecule has 0 saturated carbocycles. The molecule has 0 atom stereocenters. The molecule has 2 heterocycles. The maximum atomic E-state index is 14.3. The standard InChI is InChI=1S/C17H14FNO2S2/c1-2-21-17(20)16-11(10-22-14-8-3-4-9-19-14)15-12(18)6-5-7-13(15)23-16/h3-9H,2,10H2,1H3. The zero-order valence-electron chi connectivity index (χ0n) is 12.4. The quantitative estimate of drug-likeness (QED) is 0.486. The van der Waals surface area contributed by atoms with Crippen LogP contribution in [0.1, 0.15) is 22.2 Å². The first-order valence-corrected chi connectivity index (χ1v) is 8.91. The van der Waals surface area contributed by atoms with Crippen LogP contribution in [-0.2, 0) is 10.5 Å². The van der Waals surface area contributed by atoms with E-state index < -0.39 is 5.97 Å². The van der Waals surface area contributed by atoms with E-state index in [1.807, 2.05) is 24.3 Å². The largest absolute Gasteiger partial charge is 0.462 e. The fourth-order valence-electron chi connectivity index (χ4n) is 2.25. The number of rotatable bonds is 5. The number of carbonyl (C=O) groups excluding carboxylic acids is 1. The van der Waals surface area contributed by atoms with Gasteiger partial charge in [-0.1, -0.05) is 12.1 Å². The first kappa shape index (κ1) is 16.0. The lowest BCUT2D eigenvalue weighted by Crippen LogP contribution is -2.05. The van der Waals surface area contributed by atoms with E-state index in [2.05, 4.69) is 4.98 Å². The first-order valence-electron chi connectivity index (χ1n) is 7.11. The van der Waals surface area contributed by atoms with Crippen molar-refractivity contribution in [2.24, 2.45) is 0 Å². The van der Waals surface area contributed by atoms with Gasteiger partial charge >= 0.3 is 5.97 Å². The lowest BCUT2D eigenvalue weighted by atomic mass is 10.1. The van der Waals surface area contributed by atoms with E-state index in [1.54, 1.807) is 19.2 Å². The minimum atomic E-state index is -0.398. The van der Waals surface area contributed by atoms with Gasteiger partial charge in [0, 0.05) is 22.0 Å². The molecule has 1 aromatic carbocycles. The molecule has 0 aliphatic rings. The van der Waals surface area contributed by atoms with Crippen molar-refractivity contribution in [1.82, 2.24) is 4.98 Å². The first-order chi connectivity index (χ1) is 11.2. The second-order valence-electron chi connectivity index (χ2n) is 4.70. The van der Waals surface area contributed by atoms with Gasteiger partial charge in [-0.3, -0.25) is 0 Å². The molecule has 3 aromatic rings. The molecule has 0 fully saturated rings. The Morgan fingerprint density at radius 3 is 2.91 bits per heavy atom. The number of nitrogens with zero attached hydrogens (tertiary/aromatic N) is 1. The number of hydrogen-bond acceptors (Lipinski definition) is 5. The molecule has 0 N–H and O–H groups in total. The van der Waals surface area contributed by atoms with E-state index in [0.717, 1.165) is 9.73 Å². The fraction of sp³-hybridized carbons (Fsp3) is 0.176. The van der Waals surface area contributed by atoms with Crippen molar-refractivity contribution < 1.29 is 13.9 Å². The summed E-state index contributed by atoms with van der Waals surface area (Å²) >= 11 is 2.75. The van der Waals surface area contributed by atoms with Gasteiger partial charge in [0.05, 0.1) is 11.6 Å². The molecule has 0 aliphatic heterocycles. The lowest BCUT2D eigenvalue weighted by Gasteiger charge is -2.05. The number of ether oxygens (including phenoxy) is 1.